The van der Waals surface area contributed by atoms with Gasteiger partial charge < -0.3 is 11.1 Å². The lowest BCUT2D eigenvalue weighted by Gasteiger charge is -2.27. The number of alkyl halides is 3. The highest BCUT2D eigenvalue weighted by Crippen LogP contribution is 2.32. The molecular weight excluding hydrogens is 273 g/mol. The molecule has 0 aliphatic heterocycles. The summed E-state index contributed by atoms with van der Waals surface area (Å²) in [5.74, 6) is -1.54. The van der Waals surface area contributed by atoms with Crippen molar-refractivity contribution in [1.29, 1.82) is 0 Å². The van der Waals surface area contributed by atoms with Gasteiger partial charge >= 0.3 is 6.18 Å². The highest BCUT2D eigenvalue weighted by molar-refractivity contribution is 5.83. The molecule has 0 aromatic rings. The highest BCUT2D eigenvalue weighted by Gasteiger charge is 2.33. The van der Waals surface area contributed by atoms with E-state index in [2.05, 4.69) is 5.32 Å². The molecule has 1 rings (SSSR count). The van der Waals surface area contributed by atoms with Gasteiger partial charge in [0.25, 0.3) is 0 Å². The third kappa shape index (κ3) is 5.07. The molecule has 2 amide bonds. The van der Waals surface area contributed by atoms with Gasteiger partial charge in [-0.2, -0.15) is 13.2 Å². The standard InChI is InChI=1S/C13H17F3N2O2/c14-13(15,16)9-10(19)18-8-4-7-12(11(17)20)5-2-1-3-6-12/h1-3,5H,4,6-9H2,(H2,17,20)(H,18,19)/t12-/m0/s1. The summed E-state index contributed by atoms with van der Waals surface area (Å²) in [6.07, 6.45) is 2.27. The molecule has 112 valence electrons. The summed E-state index contributed by atoms with van der Waals surface area (Å²) in [7, 11) is 0. The zero-order chi connectivity index (χ0) is 15.2. The topological polar surface area (TPSA) is 72.2 Å². The Kier molecular flexibility index (Phi) is 5.35. The second kappa shape index (κ2) is 6.58. The van der Waals surface area contributed by atoms with E-state index in [1.165, 1.54) is 0 Å². The van der Waals surface area contributed by atoms with Crippen molar-refractivity contribution in [3.63, 3.8) is 0 Å². The van der Waals surface area contributed by atoms with Crippen LogP contribution < -0.4 is 11.1 Å². The second-order valence-electron chi connectivity index (χ2n) is 4.76. The predicted molar refractivity (Wildman–Crippen MR) is 67.4 cm³/mol. The normalized spacial score (nSPS) is 21.8. The minimum atomic E-state index is -4.50. The van der Waals surface area contributed by atoms with Gasteiger partial charge in [0.15, 0.2) is 0 Å². The van der Waals surface area contributed by atoms with Crippen molar-refractivity contribution in [2.24, 2.45) is 11.1 Å². The van der Waals surface area contributed by atoms with Gasteiger partial charge in [-0.05, 0) is 19.3 Å². The molecule has 0 spiro atoms. The lowest BCUT2D eigenvalue weighted by molar-refractivity contribution is -0.153. The van der Waals surface area contributed by atoms with Crippen LogP contribution >= 0.6 is 0 Å². The number of halogens is 3. The molecule has 0 heterocycles. The number of carbonyl (C=O) groups excluding carboxylic acids is 2. The fraction of sp³-hybridized carbons (Fsp3) is 0.538. The fourth-order valence-corrected chi connectivity index (χ4v) is 2.03. The van der Waals surface area contributed by atoms with Gasteiger partial charge in [-0.3, -0.25) is 9.59 Å². The summed E-state index contributed by atoms with van der Waals surface area (Å²) in [4.78, 5) is 22.5. The van der Waals surface area contributed by atoms with Gasteiger partial charge in [0.05, 0.1) is 5.41 Å². The van der Waals surface area contributed by atoms with Crippen molar-refractivity contribution in [3.8, 4) is 0 Å². The van der Waals surface area contributed by atoms with Crippen LogP contribution in [0.4, 0.5) is 13.2 Å². The molecule has 0 saturated carbocycles. The summed E-state index contributed by atoms with van der Waals surface area (Å²) in [6.45, 7) is 0.0848. The maximum atomic E-state index is 11.9. The predicted octanol–water partition coefficient (Wildman–Crippen LogP) is 1.82. The van der Waals surface area contributed by atoms with E-state index in [-0.39, 0.29) is 6.54 Å². The monoisotopic (exact) mass is 290 g/mol. The first-order valence-corrected chi connectivity index (χ1v) is 6.23. The van der Waals surface area contributed by atoms with E-state index >= 15 is 0 Å². The van der Waals surface area contributed by atoms with E-state index in [4.69, 9.17) is 5.73 Å². The van der Waals surface area contributed by atoms with Crippen LogP contribution in [-0.4, -0.2) is 24.5 Å². The maximum absolute atomic E-state index is 11.9. The van der Waals surface area contributed by atoms with Crippen molar-refractivity contribution in [1.82, 2.24) is 5.32 Å². The Bertz CT molecular complexity index is 430. The molecule has 0 fully saturated rings. The number of rotatable bonds is 6. The zero-order valence-electron chi connectivity index (χ0n) is 10.9. The molecule has 1 atom stereocenters. The van der Waals surface area contributed by atoms with Gasteiger partial charge in [0.2, 0.25) is 11.8 Å². The SMILES string of the molecule is NC(=O)[C@@]1(CCCNC(=O)CC(F)(F)F)C=CC=CC1. The van der Waals surface area contributed by atoms with E-state index in [0.29, 0.717) is 19.3 Å². The van der Waals surface area contributed by atoms with Crippen LogP contribution in [0.15, 0.2) is 24.3 Å². The van der Waals surface area contributed by atoms with E-state index in [9.17, 15) is 22.8 Å². The molecule has 20 heavy (non-hydrogen) atoms. The molecule has 0 radical (unpaired) electrons. The minimum Gasteiger partial charge on any atom is -0.369 e. The number of hydrogen-bond acceptors (Lipinski definition) is 2. The van der Waals surface area contributed by atoms with E-state index in [1.54, 1.807) is 18.2 Å². The van der Waals surface area contributed by atoms with Crippen LogP contribution in [0.1, 0.15) is 25.7 Å². The van der Waals surface area contributed by atoms with E-state index in [1.807, 2.05) is 6.08 Å². The molecular formula is C13H17F3N2O2. The van der Waals surface area contributed by atoms with Crippen molar-refractivity contribution in [2.75, 3.05) is 6.54 Å². The lowest BCUT2D eigenvalue weighted by atomic mass is 9.77. The number of nitrogens with two attached hydrogens (primary N) is 1. The molecule has 3 N–H and O–H groups in total. The number of primary amides is 1. The number of nitrogens with one attached hydrogen (secondary N) is 1. The van der Waals surface area contributed by atoms with Crippen LogP contribution in [0.2, 0.25) is 0 Å². The Hall–Kier alpha value is -1.79. The number of amides is 2. The third-order valence-electron chi connectivity index (χ3n) is 3.12. The van der Waals surface area contributed by atoms with Crippen molar-refractivity contribution >= 4 is 11.8 Å². The number of allylic oxidation sites excluding steroid dienone is 3. The van der Waals surface area contributed by atoms with E-state index in [0.717, 1.165) is 0 Å². The van der Waals surface area contributed by atoms with Gasteiger partial charge in [-0.25, -0.2) is 0 Å². The molecule has 1 aliphatic carbocycles. The highest BCUT2D eigenvalue weighted by atomic mass is 19.4. The second-order valence-corrected chi connectivity index (χ2v) is 4.76. The Balaban J connectivity index is 2.36. The Morgan fingerprint density at radius 3 is 2.50 bits per heavy atom. The largest absolute Gasteiger partial charge is 0.397 e. The Morgan fingerprint density at radius 2 is 2.00 bits per heavy atom. The van der Waals surface area contributed by atoms with Crippen LogP contribution in [0, 0.1) is 5.41 Å². The maximum Gasteiger partial charge on any atom is 0.397 e. The van der Waals surface area contributed by atoms with Gasteiger partial charge in [0.1, 0.15) is 6.42 Å². The summed E-state index contributed by atoms with van der Waals surface area (Å²) in [5.41, 5.74) is 4.57. The summed E-state index contributed by atoms with van der Waals surface area (Å²) >= 11 is 0. The van der Waals surface area contributed by atoms with Crippen LogP contribution in [0.25, 0.3) is 0 Å². The quantitative estimate of drug-likeness (QED) is 0.732. The molecule has 7 heteroatoms. The summed E-state index contributed by atoms with van der Waals surface area (Å²) < 4.78 is 35.8. The summed E-state index contributed by atoms with van der Waals surface area (Å²) in [5, 5.41) is 2.18. The molecule has 0 bridgehead atoms. The molecule has 4 nitrogen and oxygen atoms in total. The molecule has 0 aromatic carbocycles. The average molecular weight is 290 g/mol. The lowest BCUT2D eigenvalue weighted by Crippen LogP contribution is -2.37. The number of carbonyl (C=O) groups is 2. The molecule has 1 aliphatic rings. The Labute approximate surface area is 114 Å². The smallest absolute Gasteiger partial charge is 0.369 e. The van der Waals surface area contributed by atoms with Crippen LogP contribution in [0.3, 0.4) is 0 Å². The van der Waals surface area contributed by atoms with Crippen molar-refractivity contribution < 1.29 is 22.8 Å². The first-order valence-electron chi connectivity index (χ1n) is 6.23. The first kappa shape index (κ1) is 16.3. The minimum absolute atomic E-state index is 0.0848. The average Bonchev–Trinajstić information content (AvgIpc) is 2.33. The van der Waals surface area contributed by atoms with Crippen LogP contribution in [0.5, 0.6) is 0 Å². The van der Waals surface area contributed by atoms with Crippen LogP contribution in [-0.2, 0) is 9.59 Å². The number of hydrogen-bond donors (Lipinski definition) is 2. The molecule has 0 unspecified atom stereocenters. The van der Waals surface area contributed by atoms with Gasteiger partial charge in [0, 0.05) is 6.54 Å². The molecule has 0 saturated heterocycles. The Morgan fingerprint density at radius 1 is 1.30 bits per heavy atom. The fourth-order valence-electron chi connectivity index (χ4n) is 2.03. The van der Waals surface area contributed by atoms with Gasteiger partial charge in [-0.15, -0.1) is 0 Å². The van der Waals surface area contributed by atoms with Crippen molar-refractivity contribution in [2.45, 2.75) is 31.9 Å². The third-order valence-corrected chi connectivity index (χ3v) is 3.12. The van der Waals surface area contributed by atoms with Crippen molar-refractivity contribution in [3.05, 3.63) is 24.3 Å². The van der Waals surface area contributed by atoms with E-state index < -0.39 is 29.8 Å². The summed E-state index contributed by atoms with van der Waals surface area (Å²) in [6, 6.07) is 0. The zero-order valence-corrected chi connectivity index (χ0v) is 10.9. The first-order chi connectivity index (χ1) is 9.25. The molecule has 0 aromatic heterocycles. The van der Waals surface area contributed by atoms with Gasteiger partial charge in [-0.1, -0.05) is 24.3 Å².